The Hall–Kier alpha value is -3.12. The molecule has 3 aromatic rings. The Kier molecular flexibility index (Phi) is 5.86. The van der Waals surface area contributed by atoms with Gasteiger partial charge in [-0.1, -0.05) is 29.8 Å². The summed E-state index contributed by atoms with van der Waals surface area (Å²) in [6, 6.07) is 12.4. The van der Waals surface area contributed by atoms with Gasteiger partial charge in [0.05, 0.1) is 11.3 Å². The minimum absolute atomic E-state index is 0.0133. The molecular formula is C24H27N5O. The molecular weight excluding hydrogens is 374 g/mol. The Morgan fingerprint density at radius 2 is 1.60 bits per heavy atom. The Balaban J connectivity index is 1.69. The van der Waals surface area contributed by atoms with Gasteiger partial charge < -0.3 is 4.90 Å². The molecule has 0 N–H and O–H groups in total. The number of nitrogens with zero attached hydrogens (tertiary/aromatic N) is 5. The molecule has 6 heteroatoms. The number of amides is 1. The van der Waals surface area contributed by atoms with Gasteiger partial charge in [-0.2, -0.15) is 0 Å². The third kappa shape index (κ3) is 4.24. The molecule has 0 aliphatic carbocycles. The highest BCUT2D eigenvalue weighted by atomic mass is 16.2. The van der Waals surface area contributed by atoms with Crippen LogP contribution in [-0.2, 0) is 0 Å². The van der Waals surface area contributed by atoms with Gasteiger partial charge in [-0.15, -0.1) is 0 Å². The number of piperazine rings is 1. The number of aryl methyl sites for hydroxylation is 1. The maximum atomic E-state index is 13.4. The lowest BCUT2D eigenvalue weighted by atomic mass is 10.1. The normalized spacial score (nSPS) is 14.9. The largest absolute Gasteiger partial charge is 0.336 e. The molecule has 0 spiro atoms. The highest BCUT2D eigenvalue weighted by Crippen LogP contribution is 2.26. The summed E-state index contributed by atoms with van der Waals surface area (Å²) >= 11 is 0. The lowest BCUT2D eigenvalue weighted by Crippen LogP contribution is -2.50. The van der Waals surface area contributed by atoms with E-state index in [1.54, 1.807) is 18.6 Å². The standard InChI is InChI=1S/C24H27N5O/c1-17(2)28-12-14-29(15-13-28)24(30)21-16-26-23(20-6-4-18(3)5-7-20)27-22(21)19-8-10-25-11-9-19/h4-11,16-17H,12-15H2,1-3H3. The van der Waals surface area contributed by atoms with Crippen LogP contribution in [0.25, 0.3) is 22.6 Å². The Morgan fingerprint density at radius 1 is 0.933 bits per heavy atom. The minimum Gasteiger partial charge on any atom is -0.336 e. The number of carbonyl (C=O) groups excluding carboxylic acids is 1. The average molecular weight is 402 g/mol. The van der Waals surface area contributed by atoms with Crippen molar-refractivity contribution in [2.45, 2.75) is 26.8 Å². The average Bonchev–Trinajstić information content (AvgIpc) is 2.79. The number of rotatable bonds is 4. The first kappa shape index (κ1) is 20.2. The number of hydrogen-bond donors (Lipinski definition) is 0. The maximum absolute atomic E-state index is 13.4. The van der Waals surface area contributed by atoms with E-state index in [1.807, 2.05) is 48.2 Å². The van der Waals surface area contributed by atoms with Gasteiger partial charge in [0, 0.05) is 61.9 Å². The zero-order valence-corrected chi connectivity index (χ0v) is 17.7. The Bertz CT molecular complexity index is 1010. The summed E-state index contributed by atoms with van der Waals surface area (Å²) in [4.78, 5) is 31.1. The molecule has 2 aromatic heterocycles. The molecule has 3 heterocycles. The van der Waals surface area contributed by atoms with Gasteiger partial charge in [0.15, 0.2) is 5.82 Å². The van der Waals surface area contributed by atoms with Crippen LogP contribution in [0.3, 0.4) is 0 Å². The zero-order chi connectivity index (χ0) is 21.1. The van der Waals surface area contributed by atoms with Crippen molar-refractivity contribution in [3.8, 4) is 22.6 Å². The molecule has 0 unspecified atom stereocenters. The molecule has 0 saturated carbocycles. The predicted molar refractivity (Wildman–Crippen MR) is 118 cm³/mol. The van der Waals surface area contributed by atoms with Crippen molar-refractivity contribution in [3.05, 3.63) is 66.1 Å². The monoisotopic (exact) mass is 401 g/mol. The van der Waals surface area contributed by atoms with Gasteiger partial charge in [0.25, 0.3) is 5.91 Å². The first-order valence-corrected chi connectivity index (χ1v) is 10.4. The summed E-state index contributed by atoms with van der Waals surface area (Å²) in [5, 5.41) is 0. The maximum Gasteiger partial charge on any atom is 0.257 e. The van der Waals surface area contributed by atoms with Crippen LogP contribution in [0.1, 0.15) is 29.8 Å². The van der Waals surface area contributed by atoms with E-state index in [0.717, 1.165) is 24.2 Å². The molecule has 1 saturated heterocycles. The topological polar surface area (TPSA) is 62.2 Å². The minimum atomic E-state index is -0.0133. The van der Waals surface area contributed by atoms with Gasteiger partial charge in [-0.3, -0.25) is 14.7 Å². The molecule has 6 nitrogen and oxygen atoms in total. The Morgan fingerprint density at radius 3 is 2.23 bits per heavy atom. The van der Waals surface area contributed by atoms with Crippen LogP contribution in [0.4, 0.5) is 0 Å². The number of aromatic nitrogens is 3. The highest BCUT2D eigenvalue weighted by molar-refractivity contribution is 6.00. The van der Waals surface area contributed by atoms with E-state index in [4.69, 9.17) is 4.98 Å². The fourth-order valence-corrected chi connectivity index (χ4v) is 3.72. The van der Waals surface area contributed by atoms with Crippen LogP contribution in [0.15, 0.2) is 55.0 Å². The number of carbonyl (C=O) groups is 1. The number of hydrogen-bond acceptors (Lipinski definition) is 5. The van der Waals surface area contributed by atoms with Crippen molar-refractivity contribution < 1.29 is 4.79 Å². The third-order valence-electron chi connectivity index (χ3n) is 5.61. The van der Waals surface area contributed by atoms with Gasteiger partial charge in [-0.05, 0) is 32.9 Å². The second kappa shape index (κ2) is 8.71. The lowest BCUT2D eigenvalue weighted by Gasteiger charge is -2.37. The molecule has 1 amide bonds. The highest BCUT2D eigenvalue weighted by Gasteiger charge is 2.26. The van der Waals surface area contributed by atoms with Crippen molar-refractivity contribution in [2.24, 2.45) is 0 Å². The molecule has 30 heavy (non-hydrogen) atoms. The van der Waals surface area contributed by atoms with Gasteiger partial charge >= 0.3 is 0 Å². The number of pyridine rings is 1. The molecule has 1 aliphatic rings. The fraction of sp³-hybridized carbons (Fsp3) is 0.333. The fourth-order valence-electron chi connectivity index (χ4n) is 3.72. The molecule has 1 fully saturated rings. The van der Waals surface area contributed by atoms with Crippen LogP contribution >= 0.6 is 0 Å². The van der Waals surface area contributed by atoms with E-state index in [1.165, 1.54) is 5.56 Å². The van der Waals surface area contributed by atoms with E-state index >= 15 is 0 Å². The van der Waals surface area contributed by atoms with E-state index in [0.29, 0.717) is 36.2 Å². The third-order valence-corrected chi connectivity index (χ3v) is 5.61. The van der Waals surface area contributed by atoms with Crippen LogP contribution < -0.4 is 0 Å². The summed E-state index contributed by atoms with van der Waals surface area (Å²) in [6.07, 6.45) is 5.12. The first-order chi connectivity index (χ1) is 14.5. The predicted octanol–water partition coefficient (Wildman–Crippen LogP) is 3.68. The molecule has 0 radical (unpaired) electrons. The van der Waals surface area contributed by atoms with Crippen molar-refractivity contribution in [1.82, 2.24) is 24.8 Å². The summed E-state index contributed by atoms with van der Waals surface area (Å²) < 4.78 is 0. The van der Waals surface area contributed by atoms with E-state index < -0.39 is 0 Å². The molecule has 1 aliphatic heterocycles. The molecule has 154 valence electrons. The molecule has 0 bridgehead atoms. The van der Waals surface area contributed by atoms with Crippen molar-refractivity contribution >= 4 is 5.91 Å². The van der Waals surface area contributed by atoms with Crippen molar-refractivity contribution in [3.63, 3.8) is 0 Å². The van der Waals surface area contributed by atoms with Crippen LogP contribution in [0.5, 0.6) is 0 Å². The SMILES string of the molecule is Cc1ccc(-c2ncc(C(=O)N3CCN(C(C)C)CC3)c(-c3ccncc3)n2)cc1. The Labute approximate surface area is 177 Å². The molecule has 0 atom stereocenters. The van der Waals surface area contributed by atoms with Crippen molar-refractivity contribution in [2.75, 3.05) is 26.2 Å². The first-order valence-electron chi connectivity index (χ1n) is 10.4. The quantitative estimate of drug-likeness (QED) is 0.667. The smallest absolute Gasteiger partial charge is 0.257 e. The van der Waals surface area contributed by atoms with Gasteiger partial charge in [-0.25, -0.2) is 9.97 Å². The van der Waals surface area contributed by atoms with Crippen molar-refractivity contribution in [1.29, 1.82) is 0 Å². The van der Waals surface area contributed by atoms with Crippen LogP contribution in [0, 0.1) is 6.92 Å². The molecule has 4 rings (SSSR count). The van der Waals surface area contributed by atoms with Gasteiger partial charge in [0.1, 0.15) is 0 Å². The van der Waals surface area contributed by atoms with Crippen LogP contribution in [0.2, 0.25) is 0 Å². The van der Waals surface area contributed by atoms with E-state index in [-0.39, 0.29) is 5.91 Å². The second-order valence-corrected chi connectivity index (χ2v) is 7.98. The van der Waals surface area contributed by atoms with Crippen LogP contribution in [-0.4, -0.2) is 62.9 Å². The second-order valence-electron chi connectivity index (χ2n) is 7.98. The molecule has 1 aromatic carbocycles. The summed E-state index contributed by atoms with van der Waals surface area (Å²) in [7, 11) is 0. The lowest BCUT2D eigenvalue weighted by molar-refractivity contribution is 0.0595. The summed E-state index contributed by atoms with van der Waals surface area (Å²) in [6.45, 7) is 9.63. The zero-order valence-electron chi connectivity index (χ0n) is 17.7. The van der Waals surface area contributed by atoms with Gasteiger partial charge in [0.2, 0.25) is 0 Å². The number of benzene rings is 1. The van der Waals surface area contributed by atoms with E-state index in [9.17, 15) is 4.79 Å². The summed E-state index contributed by atoms with van der Waals surface area (Å²) in [5.41, 5.74) is 4.17. The van der Waals surface area contributed by atoms with E-state index in [2.05, 4.69) is 28.7 Å². The summed E-state index contributed by atoms with van der Waals surface area (Å²) in [5.74, 6) is 0.601.